The van der Waals surface area contributed by atoms with Gasteiger partial charge in [-0.3, -0.25) is 0 Å². The van der Waals surface area contributed by atoms with Crippen LogP contribution in [0.1, 0.15) is 31.2 Å². The molecular formula is C13H22N2S. The highest BCUT2D eigenvalue weighted by molar-refractivity contribution is 7.07. The van der Waals surface area contributed by atoms with Gasteiger partial charge < -0.3 is 10.2 Å². The van der Waals surface area contributed by atoms with Crippen LogP contribution < -0.4 is 5.32 Å². The molecule has 0 aromatic carbocycles. The topological polar surface area (TPSA) is 15.3 Å². The molecule has 0 bridgehead atoms. The van der Waals surface area contributed by atoms with E-state index in [9.17, 15) is 0 Å². The van der Waals surface area contributed by atoms with Gasteiger partial charge in [0.05, 0.1) is 0 Å². The summed E-state index contributed by atoms with van der Waals surface area (Å²) in [6.07, 6.45) is 5.60. The van der Waals surface area contributed by atoms with E-state index in [0.29, 0.717) is 0 Å². The second-order valence-electron chi connectivity index (χ2n) is 4.80. The highest BCUT2D eigenvalue weighted by atomic mass is 32.1. The maximum absolute atomic E-state index is 3.65. The molecule has 2 nitrogen and oxygen atoms in total. The van der Waals surface area contributed by atoms with E-state index in [2.05, 4.69) is 34.1 Å². The van der Waals surface area contributed by atoms with Gasteiger partial charge in [-0.25, -0.2) is 0 Å². The lowest BCUT2D eigenvalue weighted by Crippen LogP contribution is -2.34. The third-order valence-electron chi connectivity index (χ3n) is 3.31. The second-order valence-corrected chi connectivity index (χ2v) is 5.58. The fraction of sp³-hybridized carbons (Fsp3) is 0.692. The van der Waals surface area contributed by atoms with Crippen molar-refractivity contribution < 1.29 is 0 Å². The lowest BCUT2D eigenvalue weighted by molar-refractivity contribution is 0.317. The molecule has 2 rings (SSSR count). The standard InChI is InChI=1S/C13H22N2S/c1-15(10-12-6-9-16-11-12)8-7-14-13-4-2-3-5-13/h6,9,11,13-14H,2-5,7-8,10H2,1H3. The molecule has 1 aliphatic carbocycles. The van der Waals surface area contributed by atoms with E-state index in [1.54, 1.807) is 11.3 Å². The minimum absolute atomic E-state index is 0.801. The first-order valence-electron chi connectivity index (χ1n) is 6.27. The molecule has 0 radical (unpaired) electrons. The molecule has 3 heteroatoms. The molecule has 16 heavy (non-hydrogen) atoms. The van der Waals surface area contributed by atoms with Crippen molar-refractivity contribution in [3.05, 3.63) is 22.4 Å². The number of hydrogen-bond acceptors (Lipinski definition) is 3. The van der Waals surface area contributed by atoms with E-state index in [-0.39, 0.29) is 0 Å². The van der Waals surface area contributed by atoms with Crippen LogP contribution in [-0.2, 0) is 6.54 Å². The van der Waals surface area contributed by atoms with Gasteiger partial charge in [0.2, 0.25) is 0 Å². The number of nitrogens with one attached hydrogen (secondary N) is 1. The van der Waals surface area contributed by atoms with Gasteiger partial charge in [0.1, 0.15) is 0 Å². The van der Waals surface area contributed by atoms with Gasteiger partial charge in [0, 0.05) is 25.7 Å². The Hall–Kier alpha value is -0.380. The zero-order chi connectivity index (χ0) is 11.2. The second kappa shape index (κ2) is 6.38. The molecule has 1 fully saturated rings. The minimum atomic E-state index is 0.801. The molecule has 1 heterocycles. The Labute approximate surface area is 103 Å². The van der Waals surface area contributed by atoms with Crippen LogP contribution >= 0.6 is 11.3 Å². The summed E-state index contributed by atoms with van der Waals surface area (Å²) in [7, 11) is 2.20. The van der Waals surface area contributed by atoms with E-state index < -0.39 is 0 Å². The maximum Gasteiger partial charge on any atom is 0.0239 e. The van der Waals surface area contributed by atoms with Crippen LogP contribution in [0.25, 0.3) is 0 Å². The van der Waals surface area contributed by atoms with Crippen molar-refractivity contribution in [2.24, 2.45) is 0 Å². The minimum Gasteiger partial charge on any atom is -0.313 e. The van der Waals surface area contributed by atoms with E-state index in [4.69, 9.17) is 0 Å². The Bertz CT molecular complexity index is 278. The molecule has 0 aliphatic heterocycles. The number of hydrogen-bond donors (Lipinski definition) is 1. The molecule has 90 valence electrons. The first kappa shape index (κ1) is 12.1. The van der Waals surface area contributed by atoms with Crippen molar-refractivity contribution in [1.82, 2.24) is 10.2 Å². The van der Waals surface area contributed by atoms with Crippen LogP contribution in [0.4, 0.5) is 0 Å². The van der Waals surface area contributed by atoms with Crippen molar-refractivity contribution in [2.45, 2.75) is 38.3 Å². The molecule has 0 atom stereocenters. The summed E-state index contributed by atoms with van der Waals surface area (Å²) in [6, 6.07) is 3.01. The maximum atomic E-state index is 3.65. The highest BCUT2D eigenvalue weighted by Gasteiger charge is 2.13. The Morgan fingerprint density at radius 2 is 2.25 bits per heavy atom. The van der Waals surface area contributed by atoms with E-state index in [1.165, 1.54) is 31.2 Å². The van der Waals surface area contributed by atoms with Gasteiger partial charge in [-0.2, -0.15) is 11.3 Å². The predicted octanol–water partition coefficient (Wildman–Crippen LogP) is 2.71. The van der Waals surface area contributed by atoms with Crippen molar-refractivity contribution in [2.75, 3.05) is 20.1 Å². The third-order valence-corrected chi connectivity index (χ3v) is 4.05. The van der Waals surface area contributed by atoms with Crippen LogP contribution in [-0.4, -0.2) is 31.1 Å². The van der Waals surface area contributed by atoms with Gasteiger partial charge in [-0.05, 0) is 42.3 Å². The summed E-state index contributed by atoms with van der Waals surface area (Å²) in [5.41, 5.74) is 1.44. The number of rotatable bonds is 6. The summed E-state index contributed by atoms with van der Waals surface area (Å²) >= 11 is 1.78. The van der Waals surface area contributed by atoms with Crippen molar-refractivity contribution >= 4 is 11.3 Å². The average molecular weight is 238 g/mol. The fourth-order valence-electron chi connectivity index (χ4n) is 2.36. The summed E-state index contributed by atoms with van der Waals surface area (Å²) in [5.74, 6) is 0. The van der Waals surface area contributed by atoms with Crippen molar-refractivity contribution in [1.29, 1.82) is 0 Å². The molecule has 0 spiro atoms. The van der Waals surface area contributed by atoms with Crippen LogP contribution in [0, 0.1) is 0 Å². The quantitative estimate of drug-likeness (QED) is 0.820. The molecule has 0 unspecified atom stereocenters. The summed E-state index contributed by atoms with van der Waals surface area (Å²) in [6.45, 7) is 3.35. The van der Waals surface area contributed by atoms with Crippen molar-refractivity contribution in [3.63, 3.8) is 0 Å². The molecule has 1 saturated carbocycles. The van der Waals surface area contributed by atoms with Gasteiger partial charge in [0.25, 0.3) is 0 Å². The van der Waals surface area contributed by atoms with E-state index in [1.807, 2.05) is 0 Å². The zero-order valence-electron chi connectivity index (χ0n) is 10.1. The fourth-order valence-corrected chi connectivity index (χ4v) is 3.02. The van der Waals surface area contributed by atoms with Gasteiger partial charge >= 0.3 is 0 Å². The monoisotopic (exact) mass is 238 g/mol. The lowest BCUT2D eigenvalue weighted by atomic mass is 10.2. The molecule has 1 aliphatic rings. The molecular weight excluding hydrogens is 216 g/mol. The van der Waals surface area contributed by atoms with Crippen molar-refractivity contribution in [3.8, 4) is 0 Å². The van der Waals surface area contributed by atoms with E-state index >= 15 is 0 Å². The van der Waals surface area contributed by atoms with Crippen LogP contribution in [0.5, 0.6) is 0 Å². The molecule has 0 saturated heterocycles. The third kappa shape index (κ3) is 3.89. The molecule has 0 amide bonds. The predicted molar refractivity (Wildman–Crippen MR) is 70.9 cm³/mol. The van der Waals surface area contributed by atoms with Crippen LogP contribution in [0.3, 0.4) is 0 Å². The van der Waals surface area contributed by atoms with Crippen LogP contribution in [0.15, 0.2) is 16.8 Å². The van der Waals surface area contributed by atoms with Gasteiger partial charge in [-0.1, -0.05) is 12.8 Å². The average Bonchev–Trinajstić information content (AvgIpc) is 2.90. The number of thiophene rings is 1. The Kier molecular flexibility index (Phi) is 4.82. The summed E-state index contributed by atoms with van der Waals surface area (Å²) < 4.78 is 0. The SMILES string of the molecule is CN(CCNC1CCCC1)Cc1ccsc1. The molecule has 1 N–H and O–H groups in total. The zero-order valence-corrected chi connectivity index (χ0v) is 10.9. The largest absolute Gasteiger partial charge is 0.313 e. The first-order valence-corrected chi connectivity index (χ1v) is 7.22. The smallest absolute Gasteiger partial charge is 0.0239 e. The Morgan fingerprint density at radius 1 is 1.44 bits per heavy atom. The van der Waals surface area contributed by atoms with Gasteiger partial charge in [-0.15, -0.1) is 0 Å². The molecule has 1 aromatic rings. The van der Waals surface area contributed by atoms with Crippen LogP contribution in [0.2, 0.25) is 0 Å². The lowest BCUT2D eigenvalue weighted by Gasteiger charge is -2.18. The highest BCUT2D eigenvalue weighted by Crippen LogP contribution is 2.17. The Morgan fingerprint density at radius 3 is 2.94 bits per heavy atom. The summed E-state index contributed by atoms with van der Waals surface area (Å²) in [5, 5.41) is 8.04. The number of nitrogens with zero attached hydrogens (tertiary/aromatic N) is 1. The normalized spacial score (nSPS) is 17.4. The Balaban J connectivity index is 1.58. The van der Waals surface area contributed by atoms with E-state index in [0.717, 1.165) is 25.7 Å². The number of likely N-dealkylation sites (N-methyl/N-ethyl adjacent to an activating group) is 1. The first-order chi connectivity index (χ1) is 7.84. The van der Waals surface area contributed by atoms with Gasteiger partial charge in [0.15, 0.2) is 0 Å². The molecule has 1 aromatic heterocycles. The summed E-state index contributed by atoms with van der Waals surface area (Å²) in [4.78, 5) is 2.39.